The number of carbonyl (C=O) groups excluding carboxylic acids is 2. The van der Waals surface area contributed by atoms with Gasteiger partial charge in [0.2, 0.25) is 11.8 Å². The molecule has 0 spiro atoms. The Kier molecular flexibility index (Phi) is 6.20. The first-order valence-electron chi connectivity index (χ1n) is 7.91. The molecule has 0 radical (unpaired) electrons. The molecule has 2 unspecified atom stereocenters. The van der Waals surface area contributed by atoms with Crippen molar-refractivity contribution in [2.75, 3.05) is 13.2 Å². The van der Waals surface area contributed by atoms with Gasteiger partial charge in [0.1, 0.15) is 12.1 Å². The first-order chi connectivity index (χ1) is 9.68. The fourth-order valence-electron chi connectivity index (χ4n) is 2.75. The molecule has 0 aromatic carbocycles. The summed E-state index contributed by atoms with van der Waals surface area (Å²) in [5.41, 5.74) is -0.297. The van der Waals surface area contributed by atoms with Gasteiger partial charge in [-0.15, -0.1) is 0 Å². The molecule has 2 atom stereocenters. The summed E-state index contributed by atoms with van der Waals surface area (Å²) in [4.78, 5) is 26.8. The van der Waals surface area contributed by atoms with Crippen LogP contribution in [0.25, 0.3) is 0 Å². The normalized spacial score (nSPS) is 23.7. The van der Waals surface area contributed by atoms with Gasteiger partial charge in [0.15, 0.2) is 0 Å². The third kappa shape index (κ3) is 4.70. The van der Waals surface area contributed by atoms with E-state index in [-0.39, 0.29) is 29.4 Å². The van der Waals surface area contributed by atoms with Gasteiger partial charge in [-0.1, -0.05) is 34.1 Å². The molecule has 2 amide bonds. The Labute approximate surface area is 128 Å². The van der Waals surface area contributed by atoms with Crippen LogP contribution in [0.5, 0.6) is 0 Å². The van der Waals surface area contributed by atoms with Gasteiger partial charge < -0.3 is 15.0 Å². The molecule has 1 aliphatic heterocycles. The molecular formula is C16H30N2O3. The van der Waals surface area contributed by atoms with Crippen molar-refractivity contribution < 1.29 is 14.3 Å². The highest BCUT2D eigenvalue weighted by Gasteiger charge is 2.45. The number of amides is 2. The second-order valence-electron chi connectivity index (χ2n) is 7.07. The number of hydrogen-bond donors (Lipinski definition) is 1. The van der Waals surface area contributed by atoms with E-state index >= 15 is 0 Å². The first-order valence-corrected chi connectivity index (χ1v) is 7.91. The minimum absolute atomic E-state index is 0.0173. The van der Waals surface area contributed by atoms with Gasteiger partial charge in [-0.25, -0.2) is 0 Å². The SMILES string of the molecule is CCCC1NC(=O)C(C(C)(C)C)N(CCOC(C)C)C1=O. The molecule has 1 rings (SSSR count). The molecule has 21 heavy (non-hydrogen) atoms. The lowest BCUT2D eigenvalue weighted by Gasteiger charge is -2.44. The fraction of sp³-hybridized carbons (Fsp3) is 0.875. The number of nitrogens with one attached hydrogen (secondary N) is 1. The van der Waals surface area contributed by atoms with E-state index in [0.717, 1.165) is 6.42 Å². The zero-order chi connectivity index (χ0) is 16.2. The summed E-state index contributed by atoms with van der Waals surface area (Å²) < 4.78 is 5.56. The monoisotopic (exact) mass is 298 g/mol. The van der Waals surface area contributed by atoms with E-state index in [4.69, 9.17) is 4.74 Å². The van der Waals surface area contributed by atoms with Crippen molar-refractivity contribution in [1.29, 1.82) is 0 Å². The lowest BCUT2D eigenvalue weighted by Crippen LogP contribution is -2.67. The predicted octanol–water partition coefficient (Wildman–Crippen LogP) is 1.95. The van der Waals surface area contributed by atoms with Crippen molar-refractivity contribution in [3.05, 3.63) is 0 Å². The summed E-state index contributed by atoms with van der Waals surface area (Å²) in [6.45, 7) is 12.8. The van der Waals surface area contributed by atoms with Gasteiger partial charge >= 0.3 is 0 Å². The molecule has 0 aliphatic carbocycles. The van der Waals surface area contributed by atoms with E-state index in [0.29, 0.717) is 19.6 Å². The second kappa shape index (κ2) is 7.25. The van der Waals surface area contributed by atoms with Gasteiger partial charge in [-0.05, 0) is 25.7 Å². The van der Waals surface area contributed by atoms with Crippen LogP contribution < -0.4 is 5.32 Å². The van der Waals surface area contributed by atoms with Gasteiger partial charge in [0.25, 0.3) is 0 Å². The third-order valence-electron chi connectivity index (χ3n) is 3.64. The van der Waals surface area contributed by atoms with Crippen LogP contribution in [0.15, 0.2) is 0 Å². The molecule has 5 heteroatoms. The molecule has 122 valence electrons. The first kappa shape index (κ1) is 18.0. The summed E-state index contributed by atoms with van der Waals surface area (Å²) in [6.07, 6.45) is 1.68. The van der Waals surface area contributed by atoms with Crippen LogP contribution in [0.2, 0.25) is 0 Å². The molecule has 1 heterocycles. The van der Waals surface area contributed by atoms with Crippen molar-refractivity contribution in [3.63, 3.8) is 0 Å². The maximum atomic E-state index is 12.6. The summed E-state index contributed by atoms with van der Waals surface area (Å²) >= 11 is 0. The van der Waals surface area contributed by atoms with Gasteiger partial charge in [0, 0.05) is 6.54 Å². The Hall–Kier alpha value is -1.10. The number of ether oxygens (including phenoxy) is 1. The molecule has 1 N–H and O–H groups in total. The summed E-state index contributed by atoms with van der Waals surface area (Å²) in [5, 5.41) is 2.88. The predicted molar refractivity (Wildman–Crippen MR) is 82.9 cm³/mol. The minimum atomic E-state index is -0.436. The molecule has 0 aromatic heterocycles. The van der Waals surface area contributed by atoms with Crippen LogP contribution >= 0.6 is 0 Å². The lowest BCUT2D eigenvalue weighted by molar-refractivity contribution is -0.155. The molecule has 0 bridgehead atoms. The molecule has 0 saturated carbocycles. The van der Waals surface area contributed by atoms with Crippen LogP contribution in [-0.2, 0) is 14.3 Å². The zero-order valence-electron chi connectivity index (χ0n) is 14.2. The van der Waals surface area contributed by atoms with Gasteiger partial charge in [-0.2, -0.15) is 0 Å². The Balaban J connectivity index is 2.89. The second-order valence-corrected chi connectivity index (χ2v) is 7.07. The summed E-state index contributed by atoms with van der Waals surface area (Å²) in [7, 11) is 0. The molecule has 0 aromatic rings. The average Bonchev–Trinajstić information content (AvgIpc) is 2.32. The smallest absolute Gasteiger partial charge is 0.245 e. The van der Waals surface area contributed by atoms with Crippen molar-refractivity contribution >= 4 is 11.8 Å². The highest BCUT2D eigenvalue weighted by Crippen LogP contribution is 2.28. The number of hydrogen-bond acceptors (Lipinski definition) is 3. The Morgan fingerprint density at radius 2 is 1.90 bits per heavy atom. The van der Waals surface area contributed by atoms with Crippen molar-refractivity contribution in [2.24, 2.45) is 5.41 Å². The molecular weight excluding hydrogens is 268 g/mol. The maximum absolute atomic E-state index is 12.6. The van der Waals surface area contributed by atoms with Crippen molar-refractivity contribution in [3.8, 4) is 0 Å². The number of rotatable bonds is 6. The van der Waals surface area contributed by atoms with E-state index in [1.165, 1.54) is 0 Å². The summed E-state index contributed by atoms with van der Waals surface area (Å²) in [6, 6.07) is -0.825. The van der Waals surface area contributed by atoms with E-state index in [2.05, 4.69) is 5.32 Å². The topological polar surface area (TPSA) is 58.6 Å². The Morgan fingerprint density at radius 3 is 2.38 bits per heavy atom. The zero-order valence-corrected chi connectivity index (χ0v) is 14.2. The average molecular weight is 298 g/mol. The van der Waals surface area contributed by atoms with Crippen molar-refractivity contribution in [1.82, 2.24) is 10.2 Å². The fourth-order valence-corrected chi connectivity index (χ4v) is 2.75. The third-order valence-corrected chi connectivity index (χ3v) is 3.64. The highest BCUT2D eigenvalue weighted by atomic mass is 16.5. The molecule has 1 saturated heterocycles. The lowest BCUT2D eigenvalue weighted by atomic mass is 9.83. The maximum Gasteiger partial charge on any atom is 0.245 e. The van der Waals surface area contributed by atoms with Crippen LogP contribution in [0, 0.1) is 5.41 Å². The number of carbonyl (C=O) groups is 2. The van der Waals surface area contributed by atoms with E-state index < -0.39 is 6.04 Å². The van der Waals surface area contributed by atoms with E-state index in [9.17, 15) is 9.59 Å². The number of nitrogens with zero attached hydrogens (tertiary/aromatic N) is 1. The highest BCUT2D eigenvalue weighted by molar-refractivity contribution is 5.97. The van der Waals surface area contributed by atoms with Crippen LogP contribution in [-0.4, -0.2) is 48.1 Å². The summed E-state index contributed by atoms with van der Waals surface area (Å²) in [5.74, 6) is -0.0335. The number of piperazine rings is 1. The quantitative estimate of drug-likeness (QED) is 0.815. The molecule has 5 nitrogen and oxygen atoms in total. The minimum Gasteiger partial charge on any atom is -0.377 e. The van der Waals surface area contributed by atoms with Crippen molar-refractivity contribution in [2.45, 2.75) is 72.6 Å². The van der Waals surface area contributed by atoms with Gasteiger partial charge in [-0.3, -0.25) is 9.59 Å². The van der Waals surface area contributed by atoms with Crippen LogP contribution in [0.3, 0.4) is 0 Å². The van der Waals surface area contributed by atoms with Crippen LogP contribution in [0.4, 0.5) is 0 Å². The Bertz CT molecular complexity index is 374. The van der Waals surface area contributed by atoms with Gasteiger partial charge in [0.05, 0.1) is 12.7 Å². The molecule has 1 aliphatic rings. The largest absolute Gasteiger partial charge is 0.377 e. The molecule has 1 fully saturated rings. The standard InChI is InChI=1S/C16H30N2O3/c1-7-8-12-15(20)18(9-10-21-11(2)3)13(14(19)17-12)16(4,5)6/h11-13H,7-10H2,1-6H3,(H,17,19). The van der Waals surface area contributed by atoms with E-state index in [1.54, 1.807) is 4.90 Å². The van der Waals surface area contributed by atoms with Crippen LogP contribution in [0.1, 0.15) is 54.4 Å². The Morgan fingerprint density at radius 1 is 1.29 bits per heavy atom. The van der Waals surface area contributed by atoms with E-state index in [1.807, 2.05) is 41.5 Å².